The van der Waals surface area contributed by atoms with Crippen molar-refractivity contribution in [2.45, 2.75) is 26.1 Å². The first-order valence-corrected chi connectivity index (χ1v) is 8.36. The molecule has 2 aromatic carbocycles. The molecule has 4 heteroatoms. The minimum Gasteiger partial charge on any atom is -0.496 e. The topological polar surface area (TPSA) is 38.8 Å². The van der Waals surface area contributed by atoms with E-state index in [9.17, 15) is 4.79 Å². The van der Waals surface area contributed by atoms with Gasteiger partial charge in [0.15, 0.2) is 0 Å². The lowest BCUT2D eigenvalue weighted by Crippen LogP contribution is -2.27. The maximum atomic E-state index is 12.5. The highest BCUT2D eigenvalue weighted by Crippen LogP contribution is 2.23. The first-order valence-electron chi connectivity index (χ1n) is 8.36. The van der Waals surface area contributed by atoms with Gasteiger partial charge in [-0.3, -0.25) is 4.79 Å². The molecular formula is C20H23NO3. The van der Waals surface area contributed by atoms with Gasteiger partial charge in [-0.05, 0) is 36.6 Å². The molecule has 2 aromatic rings. The van der Waals surface area contributed by atoms with Gasteiger partial charge in [0.1, 0.15) is 5.75 Å². The van der Waals surface area contributed by atoms with Gasteiger partial charge in [0.05, 0.1) is 20.3 Å². The van der Waals surface area contributed by atoms with Crippen LogP contribution in [-0.2, 0) is 18.0 Å². The van der Waals surface area contributed by atoms with E-state index in [2.05, 4.69) is 0 Å². The van der Waals surface area contributed by atoms with Crippen LogP contribution in [0.15, 0.2) is 48.5 Å². The number of nitrogens with zero attached hydrogens (tertiary/aromatic N) is 1. The minimum atomic E-state index is 0.0967. The second-order valence-corrected chi connectivity index (χ2v) is 6.00. The van der Waals surface area contributed by atoms with Crippen LogP contribution in [0.1, 0.15) is 34.3 Å². The van der Waals surface area contributed by atoms with Crippen LogP contribution in [0.25, 0.3) is 0 Å². The molecule has 0 saturated carbocycles. The third-order valence-corrected chi connectivity index (χ3v) is 4.29. The number of rotatable bonds is 6. The van der Waals surface area contributed by atoms with Crippen LogP contribution in [0.2, 0.25) is 0 Å². The van der Waals surface area contributed by atoms with Crippen molar-refractivity contribution in [3.8, 4) is 5.75 Å². The molecule has 4 nitrogen and oxygen atoms in total. The molecule has 24 heavy (non-hydrogen) atoms. The number of ether oxygens (including phenoxy) is 2. The van der Waals surface area contributed by atoms with E-state index in [1.54, 1.807) is 7.11 Å². The van der Waals surface area contributed by atoms with Crippen molar-refractivity contribution in [1.82, 2.24) is 4.90 Å². The molecule has 3 rings (SSSR count). The van der Waals surface area contributed by atoms with Crippen molar-refractivity contribution >= 4 is 5.91 Å². The third kappa shape index (κ3) is 3.95. The Hall–Kier alpha value is -2.33. The van der Waals surface area contributed by atoms with Crippen molar-refractivity contribution in [2.24, 2.45) is 0 Å². The summed E-state index contributed by atoms with van der Waals surface area (Å²) in [5.74, 6) is 0.848. The number of hydrogen-bond acceptors (Lipinski definition) is 3. The highest BCUT2D eigenvalue weighted by atomic mass is 16.5. The van der Waals surface area contributed by atoms with E-state index in [4.69, 9.17) is 9.47 Å². The van der Waals surface area contributed by atoms with E-state index >= 15 is 0 Å². The zero-order valence-electron chi connectivity index (χ0n) is 14.0. The quantitative estimate of drug-likeness (QED) is 0.814. The molecule has 1 aliphatic rings. The molecule has 0 bridgehead atoms. The number of carbonyl (C=O) groups excluding carboxylic acids is 1. The Kier molecular flexibility index (Phi) is 5.49. The molecule has 0 aromatic heterocycles. The average molecular weight is 325 g/mol. The summed E-state index contributed by atoms with van der Waals surface area (Å²) in [6, 6.07) is 15.6. The molecule has 0 atom stereocenters. The molecule has 1 heterocycles. The van der Waals surface area contributed by atoms with E-state index in [-0.39, 0.29) is 5.91 Å². The number of benzene rings is 2. The largest absolute Gasteiger partial charge is 0.496 e. The van der Waals surface area contributed by atoms with E-state index in [1.165, 1.54) is 0 Å². The van der Waals surface area contributed by atoms with Crippen LogP contribution in [-0.4, -0.2) is 31.0 Å². The van der Waals surface area contributed by atoms with Gasteiger partial charge < -0.3 is 14.4 Å². The molecule has 0 spiro atoms. The second-order valence-electron chi connectivity index (χ2n) is 6.00. The SMILES string of the molecule is COc1ccc(C(=O)N2CCCC2)cc1COCc1ccccc1. The molecule has 1 fully saturated rings. The average Bonchev–Trinajstić information content (AvgIpc) is 3.16. The van der Waals surface area contributed by atoms with Crippen LogP contribution < -0.4 is 4.74 Å². The molecule has 0 unspecified atom stereocenters. The summed E-state index contributed by atoms with van der Waals surface area (Å²) in [6.45, 7) is 2.66. The third-order valence-electron chi connectivity index (χ3n) is 4.29. The summed E-state index contributed by atoms with van der Waals surface area (Å²) >= 11 is 0. The maximum absolute atomic E-state index is 12.5. The first-order chi connectivity index (χ1) is 11.8. The molecule has 126 valence electrons. The number of carbonyl (C=O) groups is 1. The van der Waals surface area contributed by atoms with Crippen LogP contribution in [0, 0.1) is 0 Å². The van der Waals surface area contributed by atoms with Crippen molar-refractivity contribution < 1.29 is 14.3 Å². The molecule has 0 N–H and O–H groups in total. The van der Waals surface area contributed by atoms with Crippen molar-refractivity contribution in [3.05, 3.63) is 65.2 Å². The second kappa shape index (κ2) is 7.97. The zero-order chi connectivity index (χ0) is 16.8. The van der Waals surface area contributed by atoms with Crippen LogP contribution in [0.5, 0.6) is 5.75 Å². The summed E-state index contributed by atoms with van der Waals surface area (Å²) in [5, 5.41) is 0. The summed E-state index contributed by atoms with van der Waals surface area (Å²) in [4.78, 5) is 14.5. The Balaban J connectivity index is 1.68. The monoisotopic (exact) mass is 325 g/mol. The van der Waals surface area contributed by atoms with Gasteiger partial charge in [-0.25, -0.2) is 0 Å². The van der Waals surface area contributed by atoms with Crippen LogP contribution >= 0.6 is 0 Å². The summed E-state index contributed by atoms with van der Waals surface area (Å²) in [5.41, 5.74) is 2.73. The normalized spacial score (nSPS) is 14.0. The number of methoxy groups -OCH3 is 1. The highest BCUT2D eigenvalue weighted by molar-refractivity contribution is 5.94. The van der Waals surface area contributed by atoms with Crippen molar-refractivity contribution in [1.29, 1.82) is 0 Å². The lowest BCUT2D eigenvalue weighted by molar-refractivity contribution is 0.0791. The number of likely N-dealkylation sites (tertiary alicyclic amines) is 1. The van der Waals surface area contributed by atoms with Gasteiger partial charge in [0, 0.05) is 24.2 Å². The number of amides is 1. The Morgan fingerprint density at radius 1 is 1.04 bits per heavy atom. The van der Waals surface area contributed by atoms with Crippen molar-refractivity contribution in [2.75, 3.05) is 20.2 Å². The summed E-state index contributed by atoms with van der Waals surface area (Å²) in [6.07, 6.45) is 2.18. The van der Waals surface area contributed by atoms with Gasteiger partial charge in [-0.15, -0.1) is 0 Å². The molecule has 0 radical (unpaired) electrons. The van der Waals surface area contributed by atoms with Gasteiger partial charge in [0.25, 0.3) is 5.91 Å². The molecule has 0 aliphatic carbocycles. The van der Waals surface area contributed by atoms with Gasteiger partial charge >= 0.3 is 0 Å². The fraction of sp³-hybridized carbons (Fsp3) is 0.350. The van der Waals surface area contributed by atoms with Gasteiger partial charge in [-0.2, -0.15) is 0 Å². The standard InChI is InChI=1S/C20H23NO3/c1-23-19-10-9-17(20(22)21-11-5-6-12-21)13-18(19)15-24-14-16-7-3-2-4-8-16/h2-4,7-10,13H,5-6,11-12,14-15H2,1H3. The lowest BCUT2D eigenvalue weighted by atomic mass is 10.1. The zero-order valence-corrected chi connectivity index (χ0v) is 14.0. The fourth-order valence-corrected chi connectivity index (χ4v) is 2.98. The van der Waals surface area contributed by atoms with Crippen LogP contribution in [0.4, 0.5) is 0 Å². The maximum Gasteiger partial charge on any atom is 0.253 e. The molecular weight excluding hydrogens is 302 g/mol. The smallest absolute Gasteiger partial charge is 0.253 e. The Morgan fingerprint density at radius 3 is 2.50 bits per heavy atom. The van der Waals surface area contributed by atoms with Crippen LogP contribution in [0.3, 0.4) is 0 Å². The molecule has 1 amide bonds. The Labute approximate surface area is 143 Å². The Morgan fingerprint density at radius 2 is 1.79 bits per heavy atom. The highest BCUT2D eigenvalue weighted by Gasteiger charge is 2.20. The van der Waals surface area contributed by atoms with E-state index < -0.39 is 0 Å². The fourth-order valence-electron chi connectivity index (χ4n) is 2.98. The van der Waals surface area contributed by atoms with E-state index in [0.717, 1.165) is 42.8 Å². The minimum absolute atomic E-state index is 0.0967. The van der Waals surface area contributed by atoms with Crippen molar-refractivity contribution in [3.63, 3.8) is 0 Å². The van der Waals surface area contributed by atoms with Gasteiger partial charge in [0.2, 0.25) is 0 Å². The summed E-state index contributed by atoms with van der Waals surface area (Å²) in [7, 11) is 1.64. The molecule has 1 aliphatic heterocycles. The van der Waals surface area contributed by atoms with Gasteiger partial charge in [-0.1, -0.05) is 30.3 Å². The van der Waals surface area contributed by atoms with E-state index in [0.29, 0.717) is 18.8 Å². The Bertz CT molecular complexity index is 679. The first kappa shape index (κ1) is 16.5. The predicted octanol–water partition coefficient (Wildman–Crippen LogP) is 3.65. The van der Waals surface area contributed by atoms with E-state index in [1.807, 2.05) is 53.4 Å². The molecule has 1 saturated heterocycles. The predicted molar refractivity (Wildman–Crippen MR) is 93.1 cm³/mol. The number of hydrogen-bond donors (Lipinski definition) is 0. The lowest BCUT2D eigenvalue weighted by Gasteiger charge is -2.17. The summed E-state index contributed by atoms with van der Waals surface area (Å²) < 4.78 is 11.2.